The molecule has 1 N–H and O–H groups in total. The number of nitrogens with one attached hydrogen (secondary N) is 1. The van der Waals surface area contributed by atoms with Crippen LogP contribution in [0, 0.1) is 6.92 Å². The van der Waals surface area contributed by atoms with Gasteiger partial charge in [-0.05, 0) is 36.8 Å². The number of fused-ring (bicyclic) bond motifs is 1. The summed E-state index contributed by atoms with van der Waals surface area (Å²) in [4.78, 5) is 2.19. The number of nitrogens with zero attached hydrogens (tertiary/aromatic N) is 1. The van der Waals surface area contributed by atoms with Crippen molar-refractivity contribution in [3.8, 4) is 11.5 Å². The van der Waals surface area contributed by atoms with Gasteiger partial charge in [0, 0.05) is 13.1 Å². The Bertz CT molecular complexity index is 865. The molecule has 0 atom stereocenters. The maximum atomic E-state index is 12.7. The molecule has 0 bridgehead atoms. The maximum Gasteiger partial charge on any atom is 0.262 e. The summed E-state index contributed by atoms with van der Waals surface area (Å²) in [6, 6.07) is 10.2. The first-order valence-electron chi connectivity index (χ1n) is 7.56. The number of aryl methyl sites for hydroxylation is 1. The second-order valence-electron chi connectivity index (χ2n) is 5.71. The third-order valence-electron chi connectivity index (χ3n) is 3.94. The number of methoxy groups -OCH3 is 1. The van der Waals surface area contributed by atoms with E-state index in [1.54, 1.807) is 30.3 Å². The van der Waals surface area contributed by atoms with E-state index in [0.717, 1.165) is 17.8 Å². The highest BCUT2D eigenvalue weighted by Gasteiger charge is 2.21. The van der Waals surface area contributed by atoms with Crippen molar-refractivity contribution in [1.29, 1.82) is 0 Å². The van der Waals surface area contributed by atoms with Crippen molar-refractivity contribution in [2.75, 3.05) is 36.9 Å². The molecule has 1 aliphatic rings. The smallest absolute Gasteiger partial charge is 0.262 e. The van der Waals surface area contributed by atoms with Crippen LogP contribution in [0.2, 0.25) is 0 Å². The van der Waals surface area contributed by atoms with Gasteiger partial charge in [0.25, 0.3) is 10.0 Å². The first-order valence-corrected chi connectivity index (χ1v) is 9.04. The molecular formula is C17H20N2O4S. The van der Waals surface area contributed by atoms with Gasteiger partial charge in [-0.15, -0.1) is 0 Å². The van der Waals surface area contributed by atoms with Gasteiger partial charge in [0.2, 0.25) is 0 Å². The van der Waals surface area contributed by atoms with Crippen LogP contribution in [0.15, 0.2) is 41.3 Å². The maximum absolute atomic E-state index is 12.7. The zero-order chi connectivity index (χ0) is 17.3. The number of likely N-dealkylation sites (N-methyl/N-ethyl adjacent to an activating group) is 1. The average molecular weight is 348 g/mol. The third kappa shape index (κ3) is 3.12. The Kier molecular flexibility index (Phi) is 4.28. The topological polar surface area (TPSA) is 67.9 Å². The van der Waals surface area contributed by atoms with Gasteiger partial charge >= 0.3 is 0 Å². The van der Waals surface area contributed by atoms with Crippen molar-refractivity contribution >= 4 is 21.4 Å². The van der Waals surface area contributed by atoms with Crippen LogP contribution in [0.4, 0.5) is 11.4 Å². The Morgan fingerprint density at radius 1 is 1.21 bits per heavy atom. The summed E-state index contributed by atoms with van der Waals surface area (Å²) in [5, 5.41) is 0. The van der Waals surface area contributed by atoms with E-state index in [-0.39, 0.29) is 4.90 Å². The lowest BCUT2D eigenvalue weighted by Crippen LogP contribution is -2.29. The molecule has 6 nitrogen and oxygen atoms in total. The summed E-state index contributed by atoms with van der Waals surface area (Å²) in [5.41, 5.74) is 2.23. The fourth-order valence-corrected chi connectivity index (χ4v) is 3.69. The molecule has 0 fully saturated rings. The Morgan fingerprint density at radius 3 is 2.75 bits per heavy atom. The van der Waals surface area contributed by atoms with Crippen LogP contribution >= 0.6 is 0 Å². The number of hydrogen-bond donors (Lipinski definition) is 1. The van der Waals surface area contributed by atoms with E-state index in [2.05, 4.69) is 4.72 Å². The minimum atomic E-state index is -3.74. The molecule has 3 rings (SSSR count). The SMILES string of the molecule is COc1ccc(C)cc1NS(=O)(=O)c1ccc2c(c1)OCCN2C. The van der Waals surface area contributed by atoms with E-state index < -0.39 is 10.0 Å². The summed E-state index contributed by atoms with van der Waals surface area (Å²) >= 11 is 0. The van der Waals surface area contributed by atoms with E-state index in [9.17, 15) is 8.42 Å². The van der Waals surface area contributed by atoms with Gasteiger partial charge in [0.15, 0.2) is 0 Å². The van der Waals surface area contributed by atoms with E-state index in [0.29, 0.717) is 23.8 Å². The molecule has 7 heteroatoms. The van der Waals surface area contributed by atoms with Gasteiger partial charge in [0.1, 0.15) is 18.1 Å². The molecule has 2 aromatic carbocycles. The van der Waals surface area contributed by atoms with Crippen molar-refractivity contribution in [3.63, 3.8) is 0 Å². The molecule has 0 amide bonds. The summed E-state index contributed by atoms with van der Waals surface area (Å²) in [7, 11) is -0.287. The molecular weight excluding hydrogens is 328 g/mol. The van der Waals surface area contributed by atoms with E-state index in [1.165, 1.54) is 7.11 Å². The number of ether oxygens (including phenoxy) is 2. The predicted octanol–water partition coefficient (Wildman–Crippen LogP) is 2.63. The standard InChI is InChI=1S/C17H20N2O4S/c1-12-4-7-16(22-3)14(10-12)18-24(20,21)13-5-6-15-17(11-13)23-9-8-19(15)2/h4-7,10-11,18H,8-9H2,1-3H3. The lowest BCUT2D eigenvalue weighted by atomic mass is 10.2. The zero-order valence-electron chi connectivity index (χ0n) is 13.9. The Morgan fingerprint density at radius 2 is 2.00 bits per heavy atom. The largest absolute Gasteiger partial charge is 0.495 e. The predicted molar refractivity (Wildman–Crippen MR) is 93.7 cm³/mol. The number of anilines is 2. The van der Waals surface area contributed by atoms with Crippen molar-refractivity contribution in [2.45, 2.75) is 11.8 Å². The highest BCUT2D eigenvalue weighted by Crippen LogP contribution is 2.34. The highest BCUT2D eigenvalue weighted by atomic mass is 32.2. The van der Waals surface area contributed by atoms with Gasteiger partial charge < -0.3 is 14.4 Å². The monoisotopic (exact) mass is 348 g/mol. The van der Waals surface area contributed by atoms with E-state index in [1.807, 2.05) is 24.9 Å². The van der Waals surface area contributed by atoms with Gasteiger partial charge in [-0.3, -0.25) is 4.72 Å². The molecule has 1 heterocycles. The number of hydrogen-bond acceptors (Lipinski definition) is 5. The minimum absolute atomic E-state index is 0.153. The number of rotatable bonds is 4. The van der Waals surface area contributed by atoms with Crippen molar-refractivity contribution in [2.24, 2.45) is 0 Å². The first-order chi connectivity index (χ1) is 11.4. The molecule has 0 saturated heterocycles. The van der Waals surface area contributed by atoms with Crippen molar-refractivity contribution in [1.82, 2.24) is 0 Å². The Hall–Kier alpha value is -2.41. The normalized spacial score (nSPS) is 13.9. The molecule has 0 spiro atoms. The molecule has 1 aliphatic heterocycles. The molecule has 0 saturated carbocycles. The lowest BCUT2D eigenvalue weighted by Gasteiger charge is -2.27. The summed E-state index contributed by atoms with van der Waals surface area (Å²) in [6.07, 6.45) is 0. The van der Waals surface area contributed by atoms with Crippen LogP contribution in [0.1, 0.15) is 5.56 Å². The quantitative estimate of drug-likeness (QED) is 0.920. The summed E-state index contributed by atoms with van der Waals surface area (Å²) in [6.45, 7) is 3.20. The lowest BCUT2D eigenvalue weighted by molar-refractivity contribution is 0.310. The highest BCUT2D eigenvalue weighted by molar-refractivity contribution is 7.92. The van der Waals surface area contributed by atoms with E-state index >= 15 is 0 Å². The van der Waals surface area contributed by atoms with Crippen LogP contribution < -0.4 is 19.1 Å². The van der Waals surface area contributed by atoms with Crippen molar-refractivity contribution < 1.29 is 17.9 Å². The third-order valence-corrected chi connectivity index (χ3v) is 5.30. The Balaban J connectivity index is 1.96. The fraction of sp³-hybridized carbons (Fsp3) is 0.294. The first kappa shape index (κ1) is 16.4. The molecule has 128 valence electrons. The van der Waals surface area contributed by atoms with Crippen LogP contribution in [0.5, 0.6) is 11.5 Å². The van der Waals surface area contributed by atoms with Gasteiger partial charge in [-0.2, -0.15) is 0 Å². The molecule has 2 aromatic rings. The minimum Gasteiger partial charge on any atom is -0.495 e. The van der Waals surface area contributed by atoms with Crippen LogP contribution in [-0.2, 0) is 10.0 Å². The summed E-state index contributed by atoms with van der Waals surface area (Å²) in [5.74, 6) is 1.04. The van der Waals surface area contributed by atoms with Gasteiger partial charge in [0.05, 0.1) is 29.9 Å². The zero-order valence-corrected chi connectivity index (χ0v) is 14.7. The second-order valence-corrected chi connectivity index (χ2v) is 7.39. The van der Waals surface area contributed by atoms with Crippen LogP contribution in [0.3, 0.4) is 0 Å². The molecule has 24 heavy (non-hydrogen) atoms. The van der Waals surface area contributed by atoms with Gasteiger partial charge in [-0.25, -0.2) is 8.42 Å². The molecule has 0 aromatic heterocycles. The average Bonchev–Trinajstić information content (AvgIpc) is 2.54. The van der Waals surface area contributed by atoms with Gasteiger partial charge in [-0.1, -0.05) is 6.07 Å². The number of sulfonamides is 1. The Labute approximate surface area is 142 Å². The van der Waals surface area contributed by atoms with Crippen molar-refractivity contribution in [3.05, 3.63) is 42.0 Å². The van der Waals surface area contributed by atoms with E-state index in [4.69, 9.17) is 9.47 Å². The summed E-state index contributed by atoms with van der Waals surface area (Å²) < 4.78 is 38.8. The molecule has 0 aliphatic carbocycles. The molecule has 0 unspecified atom stereocenters. The van der Waals surface area contributed by atoms with Crippen LogP contribution in [0.25, 0.3) is 0 Å². The molecule has 0 radical (unpaired) electrons. The fourth-order valence-electron chi connectivity index (χ4n) is 2.61. The number of benzene rings is 2. The van der Waals surface area contributed by atoms with Crippen LogP contribution in [-0.4, -0.2) is 35.7 Å². The second kappa shape index (κ2) is 6.24.